The number of carbonyl (C=O) groups excluding carboxylic acids is 2. The number of amides is 3. The van der Waals surface area contributed by atoms with Crippen LogP contribution in [0, 0.1) is 5.82 Å². The monoisotopic (exact) mass is 501 g/mol. The second kappa shape index (κ2) is 9.02. The average Bonchev–Trinajstić information content (AvgIpc) is 3.20. The number of fused-ring (bicyclic) bond motifs is 1. The van der Waals surface area contributed by atoms with Crippen molar-refractivity contribution in [1.29, 1.82) is 0 Å². The van der Waals surface area contributed by atoms with Gasteiger partial charge in [0.25, 0.3) is 0 Å². The lowest BCUT2D eigenvalue weighted by molar-refractivity contribution is -0.137. The number of ketones is 1. The van der Waals surface area contributed by atoms with Crippen LogP contribution in [0.3, 0.4) is 0 Å². The summed E-state index contributed by atoms with van der Waals surface area (Å²) in [5.41, 5.74) is 4.55. The van der Waals surface area contributed by atoms with Crippen molar-refractivity contribution in [3.05, 3.63) is 83.2 Å². The molecule has 0 aliphatic rings. The predicted octanol–water partition coefficient (Wildman–Crippen LogP) is 5.26. The van der Waals surface area contributed by atoms with Gasteiger partial charge in [0.05, 0.1) is 28.0 Å². The number of aromatic amines is 1. The first-order chi connectivity index (χ1) is 16.9. The van der Waals surface area contributed by atoms with Gasteiger partial charge in [0.1, 0.15) is 5.82 Å². The number of carbonyl (C=O) groups is 3. The summed E-state index contributed by atoms with van der Waals surface area (Å²) in [5.74, 6) is -1.59. The normalized spacial score (nSPS) is 11.3. The molecule has 0 bridgehead atoms. The first-order valence-electron chi connectivity index (χ1n) is 10.0. The van der Waals surface area contributed by atoms with Gasteiger partial charge in [-0.05, 0) is 60.7 Å². The molecule has 36 heavy (non-hydrogen) atoms. The van der Waals surface area contributed by atoms with Gasteiger partial charge < -0.3 is 15.8 Å². The third kappa shape index (κ3) is 4.80. The van der Waals surface area contributed by atoms with E-state index < -0.39 is 41.2 Å². The molecule has 3 aromatic carbocycles. The Morgan fingerprint density at radius 2 is 1.64 bits per heavy atom. The fraction of sp³-hybridized carbons (Fsp3) is 0.0435. The number of halogens is 4. The van der Waals surface area contributed by atoms with Crippen molar-refractivity contribution in [2.75, 3.05) is 10.2 Å². The summed E-state index contributed by atoms with van der Waals surface area (Å²) in [6.45, 7) is 0. The van der Waals surface area contributed by atoms with Crippen LogP contribution in [0.15, 0.2) is 60.7 Å². The van der Waals surface area contributed by atoms with Crippen LogP contribution >= 0.6 is 0 Å². The van der Waals surface area contributed by atoms with E-state index in [4.69, 9.17) is 10.8 Å². The van der Waals surface area contributed by atoms with Crippen molar-refractivity contribution < 1.29 is 37.1 Å². The quantitative estimate of drug-likeness (QED) is 0.218. The van der Waals surface area contributed by atoms with Crippen LogP contribution in [0.2, 0.25) is 0 Å². The second-order valence-corrected chi connectivity index (χ2v) is 7.46. The maximum absolute atomic E-state index is 14.4. The molecule has 4 aromatic rings. The van der Waals surface area contributed by atoms with Crippen molar-refractivity contribution in [3.63, 3.8) is 0 Å². The molecule has 13 heteroatoms. The first kappa shape index (κ1) is 24.2. The molecule has 0 unspecified atom stereocenters. The van der Waals surface area contributed by atoms with Crippen LogP contribution in [0.1, 0.15) is 21.5 Å². The molecule has 0 atom stereocenters. The molecule has 0 spiro atoms. The van der Waals surface area contributed by atoms with Crippen molar-refractivity contribution in [2.45, 2.75) is 6.18 Å². The summed E-state index contributed by atoms with van der Waals surface area (Å²) in [6, 6.07) is 9.85. The number of anilines is 3. The molecular formula is C23H15F4N5O4. The zero-order chi connectivity index (χ0) is 26.2. The molecular weight excluding hydrogens is 486 g/mol. The zero-order valence-electron chi connectivity index (χ0n) is 17.9. The number of hydrogen-bond donors (Lipinski definition) is 4. The molecule has 0 aliphatic heterocycles. The first-order valence-corrected chi connectivity index (χ1v) is 10.0. The Kier molecular flexibility index (Phi) is 6.06. The van der Waals surface area contributed by atoms with Gasteiger partial charge in [-0.25, -0.2) is 19.0 Å². The van der Waals surface area contributed by atoms with Gasteiger partial charge in [0.15, 0.2) is 5.78 Å². The van der Waals surface area contributed by atoms with E-state index in [9.17, 15) is 31.9 Å². The number of benzene rings is 3. The number of nitrogens with two attached hydrogens (primary N) is 1. The van der Waals surface area contributed by atoms with Gasteiger partial charge in [-0.1, -0.05) is 0 Å². The van der Waals surface area contributed by atoms with Gasteiger partial charge in [-0.3, -0.25) is 15.0 Å². The Morgan fingerprint density at radius 3 is 2.25 bits per heavy atom. The topological polar surface area (TPSA) is 141 Å². The number of nitrogens with one attached hydrogen (secondary N) is 2. The van der Waals surface area contributed by atoms with Crippen LogP contribution in [0.4, 0.5) is 44.5 Å². The lowest BCUT2D eigenvalue weighted by Crippen LogP contribution is -2.32. The van der Waals surface area contributed by atoms with Crippen LogP contribution < -0.4 is 16.0 Å². The highest BCUT2D eigenvalue weighted by Gasteiger charge is 2.32. The number of carboxylic acid groups (broad SMARTS) is 1. The Balaban J connectivity index is 1.64. The molecule has 0 saturated carbocycles. The number of primary amides is 1. The fourth-order valence-corrected chi connectivity index (χ4v) is 3.49. The van der Waals surface area contributed by atoms with Crippen LogP contribution in [-0.2, 0) is 6.18 Å². The number of urea groups is 1. The number of aromatic nitrogens is 2. The van der Waals surface area contributed by atoms with E-state index in [0.29, 0.717) is 34.1 Å². The van der Waals surface area contributed by atoms with Gasteiger partial charge in [-0.15, -0.1) is 0 Å². The summed E-state index contributed by atoms with van der Waals surface area (Å²) in [7, 11) is 0. The summed E-state index contributed by atoms with van der Waals surface area (Å²) in [4.78, 5) is 43.0. The molecule has 3 amide bonds. The minimum atomic E-state index is -4.78. The van der Waals surface area contributed by atoms with E-state index in [1.807, 2.05) is 0 Å². The van der Waals surface area contributed by atoms with Crippen LogP contribution in [0.25, 0.3) is 11.0 Å². The van der Waals surface area contributed by atoms with Gasteiger partial charge in [0, 0.05) is 11.1 Å². The maximum Gasteiger partial charge on any atom is 0.416 e. The van der Waals surface area contributed by atoms with Gasteiger partial charge in [-0.2, -0.15) is 13.2 Å². The number of H-pyrrole nitrogens is 1. The molecule has 1 heterocycles. The van der Waals surface area contributed by atoms with E-state index in [1.54, 1.807) is 0 Å². The lowest BCUT2D eigenvalue weighted by Gasteiger charge is -2.22. The third-order valence-electron chi connectivity index (χ3n) is 5.09. The molecule has 0 radical (unpaired) electrons. The predicted molar refractivity (Wildman–Crippen MR) is 121 cm³/mol. The third-order valence-corrected chi connectivity index (χ3v) is 5.09. The number of rotatable bonds is 5. The SMILES string of the molecule is NC(=O)N(c1ccc(C(=O)c2ccc3nc(NC(=O)O)[nH]c3c2)cc1)c1cc(C(F)(F)F)ccc1F. The largest absolute Gasteiger partial charge is 0.465 e. The van der Waals surface area contributed by atoms with Crippen molar-refractivity contribution in [3.8, 4) is 0 Å². The number of hydrogen-bond acceptors (Lipinski definition) is 4. The summed E-state index contributed by atoms with van der Waals surface area (Å²) in [6.07, 6.45) is -6.09. The zero-order valence-corrected chi connectivity index (χ0v) is 17.9. The Labute approximate surface area is 199 Å². The average molecular weight is 501 g/mol. The highest BCUT2D eigenvalue weighted by Crippen LogP contribution is 2.35. The molecule has 0 saturated heterocycles. The highest BCUT2D eigenvalue weighted by molar-refractivity contribution is 6.10. The maximum atomic E-state index is 14.4. The molecule has 184 valence electrons. The van der Waals surface area contributed by atoms with Crippen molar-refractivity contribution in [1.82, 2.24) is 9.97 Å². The Bertz CT molecular complexity index is 1500. The standard InChI is InChI=1S/C23H15F4N5O4/c24-15-7-4-13(23(25,26)27)10-18(15)32(20(28)34)14-5-1-11(2-6-14)19(33)12-3-8-16-17(9-12)30-21(29-16)31-22(35)36/h1-10H,(H2,28,34)(H,35,36)(H2,29,30,31). The van der Waals surface area contributed by atoms with E-state index >= 15 is 0 Å². The Hall–Kier alpha value is -4.94. The number of nitrogens with zero attached hydrogens (tertiary/aromatic N) is 2. The molecule has 0 fully saturated rings. The fourth-order valence-electron chi connectivity index (χ4n) is 3.49. The minimum absolute atomic E-state index is 0.0279. The number of alkyl halides is 3. The molecule has 9 nitrogen and oxygen atoms in total. The van der Waals surface area contributed by atoms with E-state index in [-0.39, 0.29) is 22.8 Å². The van der Waals surface area contributed by atoms with Crippen molar-refractivity contribution >= 4 is 46.3 Å². The van der Waals surface area contributed by atoms with Crippen LogP contribution in [-0.4, -0.2) is 33.0 Å². The Morgan fingerprint density at radius 1 is 0.972 bits per heavy atom. The number of imidazole rings is 1. The minimum Gasteiger partial charge on any atom is -0.465 e. The van der Waals surface area contributed by atoms with E-state index in [1.165, 1.54) is 42.5 Å². The second-order valence-electron chi connectivity index (χ2n) is 7.46. The molecule has 5 N–H and O–H groups in total. The van der Waals surface area contributed by atoms with E-state index in [0.717, 1.165) is 0 Å². The highest BCUT2D eigenvalue weighted by atomic mass is 19.4. The van der Waals surface area contributed by atoms with Crippen LogP contribution in [0.5, 0.6) is 0 Å². The van der Waals surface area contributed by atoms with Gasteiger partial charge in [0.2, 0.25) is 5.95 Å². The summed E-state index contributed by atoms with van der Waals surface area (Å²) < 4.78 is 53.6. The lowest BCUT2D eigenvalue weighted by atomic mass is 10.0. The molecule has 1 aromatic heterocycles. The molecule has 0 aliphatic carbocycles. The summed E-state index contributed by atoms with van der Waals surface area (Å²) >= 11 is 0. The van der Waals surface area contributed by atoms with E-state index in [2.05, 4.69) is 15.3 Å². The molecule has 4 rings (SSSR count). The smallest absolute Gasteiger partial charge is 0.416 e. The van der Waals surface area contributed by atoms with Gasteiger partial charge >= 0.3 is 18.3 Å². The summed E-state index contributed by atoms with van der Waals surface area (Å²) in [5, 5.41) is 10.9. The van der Waals surface area contributed by atoms with Crippen molar-refractivity contribution in [2.24, 2.45) is 5.73 Å².